The van der Waals surface area contributed by atoms with E-state index in [0.717, 1.165) is 37.5 Å². The molecule has 21 heavy (non-hydrogen) atoms. The number of carbonyl (C=O) groups is 1. The highest BCUT2D eigenvalue weighted by Crippen LogP contribution is 2.56. The molecule has 0 radical (unpaired) electrons. The van der Waals surface area contributed by atoms with Gasteiger partial charge in [0.2, 0.25) is 5.91 Å². The van der Waals surface area contributed by atoms with Crippen LogP contribution in [-0.4, -0.2) is 18.0 Å². The molecular formula is C17H29ClN2O. The second-order valence-electron chi connectivity index (χ2n) is 8.08. The summed E-state index contributed by atoms with van der Waals surface area (Å²) in [6.07, 6.45) is 11.1. The second kappa shape index (κ2) is 6.08. The van der Waals surface area contributed by atoms with Gasteiger partial charge in [-0.2, -0.15) is 0 Å². The Bertz CT molecular complexity index is 364. The van der Waals surface area contributed by atoms with Crippen LogP contribution in [0.15, 0.2) is 0 Å². The summed E-state index contributed by atoms with van der Waals surface area (Å²) in [7, 11) is 0. The third-order valence-corrected chi connectivity index (χ3v) is 6.65. The van der Waals surface area contributed by atoms with E-state index in [2.05, 4.69) is 5.32 Å². The molecule has 0 atom stereocenters. The molecule has 0 unspecified atom stereocenters. The monoisotopic (exact) mass is 312 g/mol. The Kier molecular flexibility index (Phi) is 4.52. The highest BCUT2D eigenvalue weighted by molar-refractivity contribution is 5.85. The van der Waals surface area contributed by atoms with Crippen LogP contribution in [0, 0.1) is 29.6 Å². The lowest BCUT2D eigenvalue weighted by Crippen LogP contribution is -2.53. The van der Waals surface area contributed by atoms with Crippen molar-refractivity contribution in [2.75, 3.05) is 0 Å². The van der Waals surface area contributed by atoms with Crippen LogP contribution < -0.4 is 11.1 Å². The fourth-order valence-electron chi connectivity index (χ4n) is 5.91. The summed E-state index contributed by atoms with van der Waals surface area (Å²) >= 11 is 0. The van der Waals surface area contributed by atoms with E-state index >= 15 is 0 Å². The van der Waals surface area contributed by atoms with Gasteiger partial charge in [-0.05, 0) is 81.5 Å². The Balaban J connectivity index is 0.00000132. The molecule has 4 heteroatoms. The maximum atomic E-state index is 12.7. The van der Waals surface area contributed by atoms with Crippen molar-refractivity contribution in [1.29, 1.82) is 0 Å². The summed E-state index contributed by atoms with van der Waals surface area (Å²) in [4.78, 5) is 12.7. The zero-order valence-corrected chi connectivity index (χ0v) is 13.6. The van der Waals surface area contributed by atoms with Gasteiger partial charge in [-0.15, -0.1) is 12.4 Å². The van der Waals surface area contributed by atoms with Crippen LogP contribution in [-0.2, 0) is 4.79 Å². The minimum absolute atomic E-state index is 0. The molecule has 4 bridgehead atoms. The van der Waals surface area contributed by atoms with Gasteiger partial charge in [0, 0.05) is 18.0 Å². The zero-order valence-electron chi connectivity index (χ0n) is 12.8. The number of nitrogens with one attached hydrogen (secondary N) is 1. The molecule has 3 nitrogen and oxygen atoms in total. The van der Waals surface area contributed by atoms with E-state index < -0.39 is 0 Å². The minimum atomic E-state index is 0. The van der Waals surface area contributed by atoms with Crippen molar-refractivity contribution in [3.8, 4) is 0 Å². The van der Waals surface area contributed by atoms with Crippen molar-refractivity contribution in [3.63, 3.8) is 0 Å². The van der Waals surface area contributed by atoms with E-state index in [1.807, 2.05) is 0 Å². The van der Waals surface area contributed by atoms with Crippen molar-refractivity contribution in [1.82, 2.24) is 5.32 Å². The molecule has 0 aliphatic heterocycles. The van der Waals surface area contributed by atoms with Gasteiger partial charge < -0.3 is 11.1 Å². The predicted octanol–water partition coefficient (Wildman–Crippen LogP) is 2.87. The molecule has 0 aromatic rings. The molecular weight excluding hydrogens is 284 g/mol. The fourth-order valence-corrected chi connectivity index (χ4v) is 5.91. The average Bonchev–Trinajstić information content (AvgIpc) is 2.40. The van der Waals surface area contributed by atoms with E-state index in [4.69, 9.17) is 5.73 Å². The van der Waals surface area contributed by atoms with Crippen LogP contribution in [0.25, 0.3) is 0 Å². The van der Waals surface area contributed by atoms with Crippen LogP contribution in [0.5, 0.6) is 0 Å². The molecule has 5 saturated carbocycles. The maximum Gasteiger partial charge on any atom is 0.223 e. The summed E-state index contributed by atoms with van der Waals surface area (Å²) in [5, 5.41) is 3.37. The molecule has 0 saturated heterocycles. The number of halogens is 1. The van der Waals surface area contributed by atoms with Gasteiger partial charge >= 0.3 is 0 Å². The number of hydrogen-bond donors (Lipinski definition) is 2. The zero-order chi connectivity index (χ0) is 13.7. The largest absolute Gasteiger partial charge is 0.353 e. The first-order valence-corrected chi connectivity index (χ1v) is 8.75. The van der Waals surface area contributed by atoms with Crippen LogP contribution in [0.1, 0.15) is 57.8 Å². The predicted molar refractivity (Wildman–Crippen MR) is 86.2 cm³/mol. The van der Waals surface area contributed by atoms with E-state index in [9.17, 15) is 4.79 Å². The molecule has 120 valence electrons. The number of rotatable bonds is 2. The molecule has 0 heterocycles. The minimum Gasteiger partial charge on any atom is -0.353 e. The standard InChI is InChI=1S/C17H28N2O.ClH/c18-14-1-3-15(4-2-14)19-17(20)16-12-6-10-5-11(8-12)9-13(16)7-10;/h10-16H,1-9,18H2,(H,19,20);1H. The van der Waals surface area contributed by atoms with Gasteiger partial charge in [0.1, 0.15) is 0 Å². The quantitative estimate of drug-likeness (QED) is 0.824. The Labute approximate surface area is 134 Å². The Morgan fingerprint density at radius 3 is 1.90 bits per heavy atom. The average molecular weight is 313 g/mol. The summed E-state index contributed by atoms with van der Waals surface area (Å²) in [5.74, 6) is 4.05. The van der Waals surface area contributed by atoms with Crippen molar-refractivity contribution in [2.45, 2.75) is 69.9 Å². The Morgan fingerprint density at radius 1 is 0.857 bits per heavy atom. The van der Waals surface area contributed by atoms with Crippen molar-refractivity contribution < 1.29 is 4.79 Å². The first kappa shape index (κ1) is 15.6. The molecule has 1 amide bonds. The first-order valence-electron chi connectivity index (χ1n) is 8.75. The highest BCUT2D eigenvalue weighted by Gasteiger charge is 2.50. The number of amides is 1. The summed E-state index contributed by atoms with van der Waals surface area (Å²) in [6, 6.07) is 0.767. The smallest absolute Gasteiger partial charge is 0.223 e. The molecule has 5 aliphatic rings. The van der Waals surface area contributed by atoms with Gasteiger partial charge in [-0.25, -0.2) is 0 Å². The molecule has 0 spiro atoms. The molecule has 5 fully saturated rings. The van der Waals surface area contributed by atoms with E-state index in [1.165, 1.54) is 32.1 Å². The van der Waals surface area contributed by atoms with Gasteiger partial charge in [-0.1, -0.05) is 0 Å². The van der Waals surface area contributed by atoms with Crippen LogP contribution in [0.4, 0.5) is 0 Å². The van der Waals surface area contributed by atoms with E-state index in [0.29, 0.717) is 35.7 Å². The summed E-state index contributed by atoms with van der Waals surface area (Å²) in [5.41, 5.74) is 5.95. The third kappa shape index (κ3) is 2.96. The van der Waals surface area contributed by atoms with Gasteiger partial charge in [-0.3, -0.25) is 4.79 Å². The van der Waals surface area contributed by atoms with E-state index in [1.54, 1.807) is 0 Å². The fraction of sp³-hybridized carbons (Fsp3) is 0.941. The van der Waals surface area contributed by atoms with E-state index in [-0.39, 0.29) is 12.4 Å². The molecule has 0 aromatic heterocycles. The molecule has 3 N–H and O–H groups in total. The lowest BCUT2D eigenvalue weighted by molar-refractivity contribution is -0.139. The summed E-state index contributed by atoms with van der Waals surface area (Å²) < 4.78 is 0. The lowest BCUT2D eigenvalue weighted by atomic mass is 9.51. The Morgan fingerprint density at radius 2 is 1.38 bits per heavy atom. The van der Waals surface area contributed by atoms with Crippen molar-refractivity contribution in [3.05, 3.63) is 0 Å². The van der Waals surface area contributed by atoms with Gasteiger partial charge in [0.05, 0.1) is 0 Å². The van der Waals surface area contributed by atoms with Crippen molar-refractivity contribution >= 4 is 18.3 Å². The first-order chi connectivity index (χ1) is 9.69. The van der Waals surface area contributed by atoms with Gasteiger partial charge in [0.15, 0.2) is 0 Å². The molecule has 5 aliphatic carbocycles. The Hall–Kier alpha value is -0.280. The SMILES string of the molecule is Cl.NC1CCC(NC(=O)C2C3CC4CC(C3)CC2C4)CC1. The lowest BCUT2D eigenvalue weighted by Gasteiger charge is -2.53. The number of nitrogens with two attached hydrogens (primary N) is 1. The third-order valence-electron chi connectivity index (χ3n) is 6.65. The van der Waals surface area contributed by atoms with Gasteiger partial charge in [0.25, 0.3) is 0 Å². The van der Waals surface area contributed by atoms with Crippen molar-refractivity contribution in [2.24, 2.45) is 35.3 Å². The molecule has 0 aromatic carbocycles. The molecule has 5 rings (SSSR count). The maximum absolute atomic E-state index is 12.7. The summed E-state index contributed by atoms with van der Waals surface area (Å²) in [6.45, 7) is 0. The number of carbonyl (C=O) groups excluding carboxylic acids is 1. The highest BCUT2D eigenvalue weighted by atomic mass is 35.5. The topological polar surface area (TPSA) is 55.1 Å². The second-order valence-corrected chi connectivity index (χ2v) is 8.08. The van der Waals surface area contributed by atoms with Crippen LogP contribution >= 0.6 is 12.4 Å². The van der Waals surface area contributed by atoms with Crippen LogP contribution in [0.2, 0.25) is 0 Å². The normalized spacial score (nSPS) is 47.8. The number of hydrogen-bond acceptors (Lipinski definition) is 2. The van der Waals surface area contributed by atoms with Crippen LogP contribution in [0.3, 0.4) is 0 Å².